The average Bonchev–Trinajstić information content (AvgIpc) is 2.16. The molecule has 1 unspecified atom stereocenters. The van der Waals surface area contributed by atoms with Crippen LogP contribution in [0.5, 0.6) is 0 Å². The van der Waals surface area contributed by atoms with E-state index in [0.29, 0.717) is 6.42 Å². The van der Waals surface area contributed by atoms with Crippen molar-refractivity contribution in [1.82, 2.24) is 5.32 Å². The topological polar surface area (TPSA) is 55.1 Å². The van der Waals surface area contributed by atoms with E-state index in [4.69, 9.17) is 5.73 Å². The number of hydrogen-bond acceptors (Lipinski definition) is 2. The smallest absolute Gasteiger partial charge is 0.324 e. The molecule has 0 spiro atoms. The van der Waals surface area contributed by atoms with E-state index in [1.165, 1.54) is 0 Å². The minimum Gasteiger partial charge on any atom is -0.350 e. The lowest BCUT2D eigenvalue weighted by Gasteiger charge is -2.18. The van der Waals surface area contributed by atoms with Gasteiger partial charge in [0.2, 0.25) is 5.91 Å². The molecule has 0 heterocycles. The third-order valence-electron chi connectivity index (χ3n) is 1.97. The molecule has 1 amide bonds. The third-order valence-corrected chi connectivity index (χ3v) is 1.97. The van der Waals surface area contributed by atoms with Crippen LogP contribution >= 0.6 is 0 Å². The lowest BCUT2D eigenvalue weighted by Crippen LogP contribution is -2.44. The highest BCUT2D eigenvalue weighted by Crippen LogP contribution is 2.21. The Labute approximate surface area is 85.0 Å². The van der Waals surface area contributed by atoms with E-state index >= 15 is 0 Å². The van der Waals surface area contributed by atoms with Crippen molar-refractivity contribution < 1.29 is 22.4 Å². The molecule has 0 bridgehead atoms. The van der Waals surface area contributed by atoms with E-state index in [1.807, 2.05) is 0 Å². The van der Waals surface area contributed by atoms with Gasteiger partial charge in [0.05, 0.1) is 6.54 Å². The number of hydrogen-bond donors (Lipinski definition) is 2. The first kappa shape index (κ1) is 14.2. The first-order valence-electron chi connectivity index (χ1n) is 4.48. The van der Waals surface area contributed by atoms with Gasteiger partial charge in [0.15, 0.2) is 0 Å². The number of alkyl halides is 4. The molecule has 0 aromatic carbocycles. The SMILES string of the molecule is CCC(CN)C(=O)NCC(F)(F)C(F)F. The number of halogens is 4. The van der Waals surface area contributed by atoms with Crippen molar-refractivity contribution in [2.75, 3.05) is 13.1 Å². The molecule has 0 radical (unpaired) electrons. The van der Waals surface area contributed by atoms with Gasteiger partial charge in [0.25, 0.3) is 0 Å². The van der Waals surface area contributed by atoms with Gasteiger partial charge in [0.1, 0.15) is 0 Å². The minimum absolute atomic E-state index is 0.00256. The van der Waals surface area contributed by atoms with E-state index < -0.39 is 30.7 Å². The Morgan fingerprint density at radius 3 is 2.33 bits per heavy atom. The summed E-state index contributed by atoms with van der Waals surface area (Å²) in [6.07, 6.45) is -3.40. The van der Waals surface area contributed by atoms with Crippen molar-refractivity contribution in [2.45, 2.75) is 25.7 Å². The van der Waals surface area contributed by atoms with E-state index in [1.54, 1.807) is 12.2 Å². The van der Waals surface area contributed by atoms with Crippen LogP contribution in [0, 0.1) is 5.92 Å². The number of nitrogens with one attached hydrogen (secondary N) is 1. The van der Waals surface area contributed by atoms with Gasteiger partial charge in [-0.25, -0.2) is 8.78 Å². The number of carbonyl (C=O) groups excluding carboxylic acids is 1. The summed E-state index contributed by atoms with van der Waals surface area (Å²) in [7, 11) is 0. The second-order valence-corrected chi connectivity index (χ2v) is 3.12. The molecule has 0 aliphatic rings. The van der Waals surface area contributed by atoms with Gasteiger partial charge < -0.3 is 11.1 Å². The lowest BCUT2D eigenvalue weighted by molar-refractivity contribution is -0.138. The van der Waals surface area contributed by atoms with Crippen molar-refractivity contribution in [2.24, 2.45) is 11.7 Å². The highest BCUT2D eigenvalue weighted by molar-refractivity contribution is 5.78. The van der Waals surface area contributed by atoms with Crippen molar-refractivity contribution in [1.29, 1.82) is 0 Å². The van der Waals surface area contributed by atoms with Gasteiger partial charge in [-0.3, -0.25) is 4.79 Å². The molecule has 15 heavy (non-hydrogen) atoms. The largest absolute Gasteiger partial charge is 0.350 e. The first-order chi connectivity index (χ1) is 6.85. The first-order valence-corrected chi connectivity index (χ1v) is 4.48. The molecule has 3 N–H and O–H groups in total. The van der Waals surface area contributed by atoms with E-state index in [2.05, 4.69) is 0 Å². The predicted octanol–water partition coefficient (Wildman–Crippen LogP) is 0.988. The second kappa shape index (κ2) is 5.89. The van der Waals surface area contributed by atoms with Gasteiger partial charge >= 0.3 is 12.3 Å². The summed E-state index contributed by atoms with van der Waals surface area (Å²) in [6.45, 7) is 0.297. The van der Waals surface area contributed by atoms with Gasteiger partial charge in [-0.1, -0.05) is 6.92 Å². The third kappa shape index (κ3) is 4.46. The van der Waals surface area contributed by atoms with Crippen LogP contribution in [0.3, 0.4) is 0 Å². The molecule has 3 nitrogen and oxygen atoms in total. The molecule has 0 saturated carbocycles. The zero-order valence-corrected chi connectivity index (χ0v) is 8.27. The molecule has 0 aromatic rings. The zero-order valence-electron chi connectivity index (χ0n) is 8.27. The molecule has 0 fully saturated rings. The molecule has 0 saturated heterocycles. The van der Waals surface area contributed by atoms with Crippen LogP contribution in [0.15, 0.2) is 0 Å². The normalized spacial score (nSPS) is 14.1. The summed E-state index contributed by atoms with van der Waals surface area (Å²) < 4.78 is 48.2. The van der Waals surface area contributed by atoms with Crippen LogP contribution in [0.2, 0.25) is 0 Å². The predicted molar refractivity (Wildman–Crippen MR) is 46.8 cm³/mol. The fourth-order valence-electron chi connectivity index (χ4n) is 0.886. The van der Waals surface area contributed by atoms with Gasteiger partial charge in [-0.2, -0.15) is 8.78 Å². The molecule has 0 rings (SSSR count). The molecular formula is C8H14F4N2O. The summed E-state index contributed by atoms with van der Waals surface area (Å²) in [5, 5.41) is 1.76. The standard InChI is InChI=1S/C8H14F4N2O/c1-2-5(3-13)6(15)14-4-8(11,12)7(9)10/h5,7H,2-4,13H2,1H3,(H,14,15). The summed E-state index contributed by atoms with van der Waals surface area (Å²) >= 11 is 0. The van der Waals surface area contributed by atoms with Crippen LogP contribution in [0.4, 0.5) is 17.6 Å². The molecule has 90 valence electrons. The van der Waals surface area contributed by atoms with Gasteiger partial charge in [-0.05, 0) is 6.42 Å². The summed E-state index contributed by atoms with van der Waals surface area (Å²) in [5.41, 5.74) is 5.19. The van der Waals surface area contributed by atoms with E-state index in [-0.39, 0.29) is 6.54 Å². The lowest BCUT2D eigenvalue weighted by atomic mass is 10.1. The van der Waals surface area contributed by atoms with Gasteiger partial charge in [-0.15, -0.1) is 0 Å². The van der Waals surface area contributed by atoms with Crippen LogP contribution in [-0.2, 0) is 4.79 Å². The minimum atomic E-state index is -4.19. The second-order valence-electron chi connectivity index (χ2n) is 3.12. The number of rotatable bonds is 6. The van der Waals surface area contributed by atoms with Crippen LogP contribution < -0.4 is 11.1 Å². The maximum absolute atomic E-state index is 12.4. The molecular weight excluding hydrogens is 216 g/mol. The Hall–Kier alpha value is -0.850. The monoisotopic (exact) mass is 230 g/mol. The summed E-state index contributed by atoms with van der Waals surface area (Å²) in [4.78, 5) is 11.1. The average molecular weight is 230 g/mol. The fourth-order valence-corrected chi connectivity index (χ4v) is 0.886. The van der Waals surface area contributed by atoms with Crippen molar-refractivity contribution >= 4 is 5.91 Å². The Balaban J connectivity index is 4.10. The zero-order chi connectivity index (χ0) is 12.1. The molecule has 0 aliphatic carbocycles. The molecule has 7 heteroatoms. The maximum atomic E-state index is 12.4. The fraction of sp³-hybridized carbons (Fsp3) is 0.875. The highest BCUT2D eigenvalue weighted by Gasteiger charge is 2.41. The Morgan fingerprint density at radius 1 is 1.47 bits per heavy atom. The number of carbonyl (C=O) groups is 1. The van der Waals surface area contributed by atoms with E-state index in [0.717, 1.165) is 0 Å². The molecule has 0 aromatic heterocycles. The summed E-state index contributed by atoms with van der Waals surface area (Å²) in [6, 6.07) is 0. The van der Waals surface area contributed by atoms with E-state index in [9.17, 15) is 22.4 Å². The Kier molecular flexibility index (Phi) is 5.56. The van der Waals surface area contributed by atoms with Crippen LogP contribution in [0.1, 0.15) is 13.3 Å². The molecule has 0 aliphatic heterocycles. The quantitative estimate of drug-likeness (QED) is 0.668. The van der Waals surface area contributed by atoms with Crippen LogP contribution in [-0.4, -0.2) is 31.3 Å². The maximum Gasteiger partial charge on any atom is 0.324 e. The number of amides is 1. The van der Waals surface area contributed by atoms with Crippen LogP contribution in [0.25, 0.3) is 0 Å². The Bertz CT molecular complexity index is 207. The van der Waals surface area contributed by atoms with Gasteiger partial charge in [0, 0.05) is 12.5 Å². The number of nitrogens with two attached hydrogens (primary N) is 1. The van der Waals surface area contributed by atoms with Crippen molar-refractivity contribution in [3.05, 3.63) is 0 Å². The molecule has 1 atom stereocenters. The van der Waals surface area contributed by atoms with Crippen molar-refractivity contribution in [3.63, 3.8) is 0 Å². The van der Waals surface area contributed by atoms with Crippen molar-refractivity contribution in [3.8, 4) is 0 Å². The highest BCUT2D eigenvalue weighted by atomic mass is 19.3. The Morgan fingerprint density at radius 2 is 2.00 bits per heavy atom. The summed E-state index contributed by atoms with van der Waals surface area (Å²) in [5.74, 6) is -5.53.